The Hall–Kier alpha value is -5.54. The van der Waals surface area contributed by atoms with Crippen LogP contribution in [0.5, 0.6) is 11.5 Å². The molecule has 0 fully saturated rings. The molecular formula is C41H30N2O. The van der Waals surface area contributed by atoms with Gasteiger partial charge in [0, 0.05) is 22.2 Å². The number of benzene rings is 7. The lowest BCUT2D eigenvalue weighted by Crippen LogP contribution is -2.32. The highest BCUT2D eigenvalue weighted by Crippen LogP contribution is 2.60. The first-order chi connectivity index (χ1) is 21.6. The van der Waals surface area contributed by atoms with E-state index in [1.54, 1.807) is 0 Å². The number of rotatable bonds is 3. The molecule has 0 aliphatic carbocycles. The summed E-state index contributed by atoms with van der Waals surface area (Å²) in [7, 11) is 0. The maximum Gasteiger partial charge on any atom is 0.151 e. The van der Waals surface area contributed by atoms with Gasteiger partial charge in [0.2, 0.25) is 0 Å². The summed E-state index contributed by atoms with van der Waals surface area (Å²) in [5.74, 6) is 1.76. The normalized spacial score (nSPS) is 14.0. The average Bonchev–Trinajstić information content (AvgIpc) is 3.06. The molecule has 0 bridgehead atoms. The fourth-order valence-electron chi connectivity index (χ4n) is 7.22. The molecule has 0 saturated heterocycles. The second kappa shape index (κ2) is 9.23. The SMILES string of the molecule is CC1(C)c2ccc(N(c3ccc4ccccc4c3)c3cccc4ccccc34)cc2N2c3ccccc3Oc3cccc1c32. The summed E-state index contributed by atoms with van der Waals surface area (Å²) in [5, 5.41) is 4.88. The third-order valence-electron chi connectivity index (χ3n) is 9.37. The van der Waals surface area contributed by atoms with Gasteiger partial charge >= 0.3 is 0 Å². The zero-order chi connectivity index (χ0) is 29.4. The van der Waals surface area contributed by atoms with Crippen molar-refractivity contribution in [2.45, 2.75) is 19.3 Å². The van der Waals surface area contributed by atoms with E-state index < -0.39 is 0 Å². The van der Waals surface area contributed by atoms with Crippen LogP contribution in [0.4, 0.5) is 34.1 Å². The Bertz CT molecular complexity index is 2260. The van der Waals surface area contributed by atoms with Crippen LogP contribution in [0.25, 0.3) is 21.5 Å². The monoisotopic (exact) mass is 566 g/mol. The van der Waals surface area contributed by atoms with Gasteiger partial charge in [-0.05, 0) is 75.8 Å². The van der Waals surface area contributed by atoms with Crippen molar-refractivity contribution in [2.24, 2.45) is 0 Å². The lowest BCUT2D eigenvalue weighted by Gasteiger charge is -2.45. The summed E-state index contributed by atoms with van der Waals surface area (Å²) >= 11 is 0. The van der Waals surface area contributed by atoms with Crippen molar-refractivity contribution in [3.63, 3.8) is 0 Å². The molecule has 2 aliphatic rings. The summed E-state index contributed by atoms with van der Waals surface area (Å²) in [4.78, 5) is 4.82. The fourth-order valence-corrected chi connectivity index (χ4v) is 7.22. The van der Waals surface area contributed by atoms with E-state index in [0.29, 0.717) is 0 Å². The van der Waals surface area contributed by atoms with Gasteiger partial charge in [-0.3, -0.25) is 0 Å². The van der Waals surface area contributed by atoms with E-state index in [1.165, 1.54) is 38.4 Å². The fraction of sp³-hybridized carbons (Fsp3) is 0.0732. The molecule has 2 aliphatic heterocycles. The van der Waals surface area contributed by atoms with Crippen LogP contribution in [-0.4, -0.2) is 0 Å². The largest absolute Gasteiger partial charge is 0.453 e. The van der Waals surface area contributed by atoms with E-state index in [4.69, 9.17) is 4.74 Å². The summed E-state index contributed by atoms with van der Waals surface area (Å²) < 4.78 is 6.49. The van der Waals surface area contributed by atoms with Crippen molar-refractivity contribution in [1.82, 2.24) is 0 Å². The third kappa shape index (κ3) is 3.56. The van der Waals surface area contributed by atoms with Gasteiger partial charge in [0.05, 0.1) is 22.7 Å². The van der Waals surface area contributed by atoms with Gasteiger partial charge in [0.1, 0.15) is 0 Å². The van der Waals surface area contributed by atoms with Gasteiger partial charge in [0.15, 0.2) is 11.5 Å². The predicted octanol–water partition coefficient (Wildman–Crippen LogP) is 11.7. The zero-order valence-electron chi connectivity index (χ0n) is 24.7. The van der Waals surface area contributed by atoms with Crippen molar-refractivity contribution in [3.05, 3.63) is 157 Å². The van der Waals surface area contributed by atoms with E-state index in [0.717, 1.165) is 39.9 Å². The number of hydrogen-bond donors (Lipinski definition) is 0. The van der Waals surface area contributed by atoms with Gasteiger partial charge in [-0.1, -0.05) is 111 Å². The molecule has 0 amide bonds. The molecule has 0 radical (unpaired) electrons. The van der Waals surface area contributed by atoms with Crippen molar-refractivity contribution in [2.75, 3.05) is 9.80 Å². The molecule has 0 atom stereocenters. The van der Waals surface area contributed by atoms with Crippen molar-refractivity contribution < 1.29 is 4.74 Å². The minimum atomic E-state index is -0.210. The Labute approximate surface area is 257 Å². The predicted molar refractivity (Wildman–Crippen MR) is 183 cm³/mol. The summed E-state index contributed by atoms with van der Waals surface area (Å²) in [5.41, 5.74) is 9.09. The maximum atomic E-state index is 6.49. The molecule has 0 spiro atoms. The van der Waals surface area contributed by atoms with Crippen LogP contribution in [0.1, 0.15) is 25.0 Å². The van der Waals surface area contributed by atoms with Crippen molar-refractivity contribution in [1.29, 1.82) is 0 Å². The van der Waals surface area contributed by atoms with Gasteiger partial charge < -0.3 is 14.5 Å². The van der Waals surface area contributed by atoms with E-state index >= 15 is 0 Å². The molecule has 0 unspecified atom stereocenters. The molecule has 210 valence electrons. The molecule has 2 heterocycles. The van der Waals surface area contributed by atoms with Crippen LogP contribution in [0.3, 0.4) is 0 Å². The molecule has 0 saturated carbocycles. The van der Waals surface area contributed by atoms with Crippen LogP contribution >= 0.6 is 0 Å². The first kappa shape index (κ1) is 25.0. The zero-order valence-corrected chi connectivity index (χ0v) is 24.7. The van der Waals surface area contributed by atoms with Gasteiger partial charge in [-0.25, -0.2) is 0 Å². The van der Waals surface area contributed by atoms with Crippen LogP contribution in [0.2, 0.25) is 0 Å². The first-order valence-electron chi connectivity index (χ1n) is 15.2. The van der Waals surface area contributed by atoms with E-state index in [2.05, 4.69) is 163 Å². The lowest BCUT2D eigenvalue weighted by atomic mass is 9.73. The van der Waals surface area contributed by atoms with Crippen LogP contribution < -0.4 is 14.5 Å². The Morgan fingerprint density at radius 3 is 2.11 bits per heavy atom. The van der Waals surface area contributed by atoms with Gasteiger partial charge in [-0.2, -0.15) is 0 Å². The second-order valence-electron chi connectivity index (χ2n) is 12.2. The first-order valence-corrected chi connectivity index (χ1v) is 15.2. The Morgan fingerprint density at radius 1 is 0.523 bits per heavy atom. The smallest absolute Gasteiger partial charge is 0.151 e. The van der Waals surface area contributed by atoms with E-state index in [9.17, 15) is 0 Å². The van der Waals surface area contributed by atoms with Gasteiger partial charge in [-0.15, -0.1) is 0 Å². The number of fused-ring (bicyclic) bond motifs is 6. The molecule has 7 aromatic carbocycles. The number of nitrogens with zero attached hydrogens (tertiary/aromatic N) is 2. The second-order valence-corrected chi connectivity index (χ2v) is 12.2. The number of para-hydroxylation sites is 3. The van der Waals surface area contributed by atoms with Crippen LogP contribution in [-0.2, 0) is 5.41 Å². The summed E-state index contributed by atoms with van der Waals surface area (Å²) in [6.07, 6.45) is 0. The molecular weight excluding hydrogens is 536 g/mol. The van der Waals surface area contributed by atoms with Crippen LogP contribution in [0, 0.1) is 0 Å². The number of anilines is 6. The minimum Gasteiger partial charge on any atom is -0.453 e. The number of ether oxygens (including phenoxy) is 1. The summed E-state index contributed by atoms with van der Waals surface area (Å²) in [6.45, 7) is 4.65. The molecule has 0 N–H and O–H groups in total. The Balaban J connectivity index is 1.33. The molecule has 3 nitrogen and oxygen atoms in total. The summed E-state index contributed by atoms with van der Waals surface area (Å²) in [6, 6.07) is 52.4. The van der Waals surface area contributed by atoms with Gasteiger partial charge in [0.25, 0.3) is 0 Å². The molecule has 3 heteroatoms. The third-order valence-corrected chi connectivity index (χ3v) is 9.37. The highest BCUT2D eigenvalue weighted by Gasteiger charge is 2.41. The highest BCUT2D eigenvalue weighted by atomic mass is 16.5. The molecule has 0 aromatic heterocycles. The molecule has 7 aromatic rings. The number of hydrogen-bond acceptors (Lipinski definition) is 3. The maximum absolute atomic E-state index is 6.49. The average molecular weight is 567 g/mol. The quantitative estimate of drug-likeness (QED) is 0.212. The minimum absolute atomic E-state index is 0.210. The van der Waals surface area contributed by atoms with Crippen molar-refractivity contribution in [3.8, 4) is 11.5 Å². The van der Waals surface area contributed by atoms with Crippen LogP contribution in [0.15, 0.2) is 146 Å². The standard InChI is InChI=1S/C41H30N2O/c1-41(2)33-24-23-31(26-37(33)43-36-17-7-8-19-38(36)44-39-20-10-16-34(41)40(39)43)42(30-22-21-27-11-3-4-13-29(27)25-30)35-18-9-14-28-12-5-6-15-32(28)35/h3-26H,1-2H3. The van der Waals surface area contributed by atoms with E-state index in [1.807, 2.05) is 6.07 Å². The molecule has 44 heavy (non-hydrogen) atoms. The Morgan fingerprint density at radius 2 is 1.20 bits per heavy atom. The topological polar surface area (TPSA) is 15.7 Å². The molecule has 9 rings (SSSR count). The highest BCUT2D eigenvalue weighted by molar-refractivity contribution is 6.01. The van der Waals surface area contributed by atoms with E-state index in [-0.39, 0.29) is 5.41 Å². The lowest BCUT2D eigenvalue weighted by molar-refractivity contribution is 0.471. The Kier molecular flexibility index (Phi) is 5.24. The van der Waals surface area contributed by atoms with Crippen molar-refractivity contribution >= 4 is 55.7 Å².